The maximum absolute atomic E-state index is 12.1. The number of pyridine rings is 1. The molecule has 9 heteroatoms. The number of aryl methyl sites for hydroxylation is 1. The van der Waals surface area contributed by atoms with E-state index >= 15 is 0 Å². The number of aromatic nitrogens is 3. The fraction of sp³-hybridized carbons (Fsp3) is 0.208. The minimum atomic E-state index is -0.408. The average molecular weight is 441 g/mol. The van der Waals surface area contributed by atoms with Crippen molar-refractivity contribution in [2.75, 3.05) is 41.3 Å². The smallest absolute Gasteiger partial charge is 0.353 e. The maximum Gasteiger partial charge on any atom is 0.353 e. The molecule has 0 radical (unpaired) electrons. The Balaban J connectivity index is 1.44. The molecule has 2 aromatic carbocycles. The summed E-state index contributed by atoms with van der Waals surface area (Å²) in [5, 5.41) is 16.1. The molecule has 9 nitrogen and oxygen atoms in total. The third-order valence-electron chi connectivity index (χ3n) is 5.81. The Morgan fingerprint density at radius 3 is 2.42 bits per heavy atom. The Morgan fingerprint density at radius 2 is 1.67 bits per heavy atom. The number of nitro groups is 1. The SMILES string of the molecule is Cc1ccc2c(Nc3ncnc(N4CCN(c5ccccc5)CC4)c3[N+](=O)[O-])cccc2n1. The number of anilines is 4. The number of hydrogen-bond donors (Lipinski definition) is 1. The Hall–Kier alpha value is -4.27. The van der Waals surface area contributed by atoms with E-state index in [4.69, 9.17) is 0 Å². The highest BCUT2D eigenvalue weighted by Crippen LogP contribution is 2.35. The van der Waals surface area contributed by atoms with E-state index in [1.165, 1.54) is 6.33 Å². The second kappa shape index (κ2) is 8.70. The van der Waals surface area contributed by atoms with E-state index in [2.05, 4.69) is 37.3 Å². The molecular weight excluding hydrogens is 418 g/mol. The number of piperazine rings is 1. The van der Waals surface area contributed by atoms with Crippen molar-refractivity contribution in [3.05, 3.63) is 82.8 Å². The molecule has 1 aliphatic rings. The molecular formula is C24H23N7O2. The van der Waals surface area contributed by atoms with E-state index in [-0.39, 0.29) is 11.5 Å². The Kier molecular flexibility index (Phi) is 5.43. The van der Waals surface area contributed by atoms with Gasteiger partial charge in [-0.3, -0.25) is 15.1 Å². The zero-order valence-electron chi connectivity index (χ0n) is 18.2. The van der Waals surface area contributed by atoms with Crippen LogP contribution in [0.2, 0.25) is 0 Å². The number of fused-ring (bicyclic) bond motifs is 1. The van der Waals surface area contributed by atoms with E-state index in [0.29, 0.717) is 24.6 Å². The summed E-state index contributed by atoms with van der Waals surface area (Å²) in [6.07, 6.45) is 1.38. The largest absolute Gasteiger partial charge is 0.368 e. The van der Waals surface area contributed by atoms with Gasteiger partial charge in [0.05, 0.1) is 10.4 Å². The molecule has 0 spiro atoms. The molecule has 33 heavy (non-hydrogen) atoms. The molecule has 1 fully saturated rings. The molecule has 0 unspecified atom stereocenters. The molecule has 1 aliphatic heterocycles. The first-order chi connectivity index (χ1) is 16.1. The van der Waals surface area contributed by atoms with E-state index in [9.17, 15) is 10.1 Å². The van der Waals surface area contributed by atoms with Crippen LogP contribution in [0.3, 0.4) is 0 Å². The van der Waals surface area contributed by atoms with Gasteiger partial charge in [-0.15, -0.1) is 0 Å². The standard InChI is InChI=1S/C24H23N7O2/c1-17-10-11-19-20(27-17)8-5-9-21(19)28-23-22(31(32)33)24(26-16-25-23)30-14-12-29(13-15-30)18-6-3-2-4-7-18/h2-11,16H,12-15H2,1H3,(H,25,26,28). The number of nitrogens with one attached hydrogen (secondary N) is 1. The van der Waals surface area contributed by atoms with Crippen molar-refractivity contribution in [2.45, 2.75) is 6.92 Å². The topological polar surface area (TPSA) is 100 Å². The molecule has 0 aliphatic carbocycles. The lowest BCUT2D eigenvalue weighted by Crippen LogP contribution is -2.47. The highest BCUT2D eigenvalue weighted by Gasteiger charge is 2.29. The quantitative estimate of drug-likeness (QED) is 0.361. The van der Waals surface area contributed by atoms with Crippen LogP contribution in [0.1, 0.15) is 5.69 Å². The van der Waals surface area contributed by atoms with E-state index < -0.39 is 4.92 Å². The van der Waals surface area contributed by atoms with Gasteiger partial charge in [0.1, 0.15) is 6.33 Å². The average Bonchev–Trinajstić information content (AvgIpc) is 2.84. The molecule has 1 N–H and O–H groups in total. The minimum Gasteiger partial charge on any atom is -0.368 e. The highest BCUT2D eigenvalue weighted by molar-refractivity contribution is 5.94. The number of hydrogen-bond acceptors (Lipinski definition) is 8. The summed E-state index contributed by atoms with van der Waals surface area (Å²) < 4.78 is 0. The predicted molar refractivity (Wildman–Crippen MR) is 129 cm³/mol. The second-order valence-electron chi connectivity index (χ2n) is 7.91. The normalized spacial score (nSPS) is 13.8. The lowest BCUT2D eigenvalue weighted by atomic mass is 10.1. The first-order valence-corrected chi connectivity index (χ1v) is 10.8. The fourth-order valence-corrected chi connectivity index (χ4v) is 4.17. The van der Waals surface area contributed by atoms with Crippen molar-refractivity contribution in [1.82, 2.24) is 15.0 Å². The van der Waals surface area contributed by atoms with Crippen LogP contribution in [0.15, 0.2) is 67.0 Å². The summed E-state index contributed by atoms with van der Waals surface area (Å²) in [5.41, 5.74) is 3.46. The summed E-state index contributed by atoms with van der Waals surface area (Å²) >= 11 is 0. The highest BCUT2D eigenvalue weighted by atomic mass is 16.6. The summed E-state index contributed by atoms with van der Waals surface area (Å²) in [7, 11) is 0. The van der Waals surface area contributed by atoms with E-state index in [1.807, 2.05) is 60.4 Å². The number of nitrogens with zero attached hydrogens (tertiary/aromatic N) is 6. The lowest BCUT2D eigenvalue weighted by Gasteiger charge is -2.36. The fourth-order valence-electron chi connectivity index (χ4n) is 4.17. The van der Waals surface area contributed by atoms with Crippen LogP contribution >= 0.6 is 0 Å². The summed E-state index contributed by atoms with van der Waals surface area (Å²) in [5.74, 6) is 0.503. The van der Waals surface area contributed by atoms with Gasteiger partial charge in [0.2, 0.25) is 11.6 Å². The van der Waals surface area contributed by atoms with Gasteiger partial charge in [0, 0.05) is 48.6 Å². The zero-order valence-corrected chi connectivity index (χ0v) is 18.2. The Morgan fingerprint density at radius 1 is 0.909 bits per heavy atom. The van der Waals surface area contributed by atoms with E-state index in [0.717, 1.165) is 35.4 Å². The van der Waals surface area contributed by atoms with Crippen LogP contribution < -0.4 is 15.1 Å². The van der Waals surface area contributed by atoms with Gasteiger partial charge in [-0.25, -0.2) is 9.97 Å². The first kappa shape index (κ1) is 20.6. The predicted octanol–water partition coefficient (Wildman–Crippen LogP) is 4.31. The molecule has 5 rings (SSSR count). The van der Waals surface area contributed by atoms with Crippen LogP contribution in [-0.4, -0.2) is 46.1 Å². The second-order valence-corrected chi connectivity index (χ2v) is 7.91. The zero-order chi connectivity index (χ0) is 22.8. The van der Waals surface area contributed by atoms with Gasteiger partial charge in [-0.2, -0.15) is 0 Å². The van der Waals surface area contributed by atoms with Crippen molar-refractivity contribution in [3.8, 4) is 0 Å². The molecule has 0 amide bonds. The van der Waals surface area contributed by atoms with Crippen LogP contribution in [0, 0.1) is 17.0 Å². The summed E-state index contributed by atoms with van der Waals surface area (Å²) in [6.45, 7) is 4.69. The van der Waals surface area contributed by atoms with Gasteiger partial charge in [-0.05, 0) is 43.3 Å². The molecule has 166 valence electrons. The molecule has 4 aromatic rings. The molecule has 0 saturated carbocycles. The number of para-hydroxylation sites is 1. The number of benzene rings is 2. The van der Waals surface area contributed by atoms with Crippen LogP contribution in [-0.2, 0) is 0 Å². The van der Waals surface area contributed by atoms with Crippen molar-refractivity contribution in [1.29, 1.82) is 0 Å². The van der Waals surface area contributed by atoms with Crippen LogP contribution in [0.5, 0.6) is 0 Å². The Labute approximate surface area is 190 Å². The summed E-state index contributed by atoms with van der Waals surface area (Å²) in [6, 6.07) is 19.7. The third kappa shape index (κ3) is 4.12. The molecule has 0 bridgehead atoms. The van der Waals surface area contributed by atoms with Crippen molar-refractivity contribution < 1.29 is 4.92 Å². The third-order valence-corrected chi connectivity index (χ3v) is 5.81. The van der Waals surface area contributed by atoms with Gasteiger partial charge < -0.3 is 15.1 Å². The van der Waals surface area contributed by atoms with Crippen LogP contribution in [0.4, 0.5) is 28.7 Å². The van der Waals surface area contributed by atoms with Crippen molar-refractivity contribution in [2.24, 2.45) is 0 Å². The van der Waals surface area contributed by atoms with Gasteiger partial charge in [-0.1, -0.05) is 24.3 Å². The van der Waals surface area contributed by atoms with Crippen molar-refractivity contribution >= 4 is 39.6 Å². The van der Waals surface area contributed by atoms with Gasteiger partial charge in [0.25, 0.3) is 0 Å². The van der Waals surface area contributed by atoms with E-state index in [1.54, 1.807) is 0 Å². The summed E-state index contributed by atoms with van der Waals surface area (Å²) in [4.78, 5) is 29.0. The van der Waals surface area contributed by atoms with Crippen molar-refractivity contribution in [3.63, 3.8) is 0 Å². The van der Waals surface area contributed by atoms with Gasteiger partial charge >= 0.3 is 5.69 Å². The Bertz CT molecular complexity index is 1300. The minimum absolute atomic E-state index is 0.122. The number of rotatable bonds is 5. The van der Waals surface area contributed by atoms with Gasteiger partial charge in [0.15, 0.2) is 0 Å². The maximum atomic E-state index is 12.1. The molecule has 2 aromatic heterocycles. The monoisotopic (exact) mass is 441 g/mol. The van der Waals surface area contributed by atoms with Crippen LogP contribution in [0.25, 0.3) is 10.9 Å². The lowest BCUT2D eigenvalue weighted by molar-refractivity contribution is -0.383. The first-order valence-electron chi connectivity index (χ1n) is 10.8. The molecule has 3 heterocycles. The molecule has 0 atom stereocenters. The molecule has 1 saturated heterocycles.